The second-order valence-corrected chi connectivity index (χ2v) is 15.0. The number of hydrogen-bond acceptors (Lipinski definition) is 11. The smallest absolute Gasteiger partial charge is 0.326 e. The SMILES string of the molecule is CC[C@H](C)[C@H](NC(=O)[C@H](Cc1ccccc1)NC(=O)[C@@H](N)CCC(=O)O)C(=O)N[C@@H](CC(=O)O)C(=O)N[C@@H](Cc1ccccc1)C(=O)NCC(=O)N[C@@H](CCSC)C(=O)O. The largest absolute Gasteiger partial charge is 0.481 e. The lowest BCUT2D eigenvalue weighted by atomic mass is 9.96. The van der Waals surface area contributed by atoms with Crippen molar-refractivity contribution in [1.82, 2.24) is 31.9 Å². The average Bonchev–Trinajstić information content (AvgIpc) is 3.21. The van der Waals surface area contributed by atoms with Crippen molar-refractivity contribution in [3.63, 3.8) is 0 Å². The Morgan fingerprint density at radius 1 is 0.633 bits per heavy atom. The van der Waals surface area contributed by atoms with Crippen molar-refractivity contribution < 1.29 is 58.5 Å². The van der Waals surface area contributed by atoms with Gasteiger partial charge in [-0.15, -0.1) is 0 Å². The van der Waals surface area contributed by atoms with Crippen LogP contribution in [0.15, 0.2) is 60.7 Å². The maximum atomic E-state index is 13.9. The van der Waals surface area contributed by atoms with Crippen molar-refractivity contribution in [2.24, 2.45) is 11.7 Å². The van der Waals surface area contributed by atoms with E-state index in [0.29, 0.717) is 23.3 Å². The second-order valence-electron chi connectivity index (χ2n) is 14.0. The number of thioether (sulfide) groups is 1. The van der Waals surface area contributed by atoms with Crippen molar-refractivity contribution in [2.45, 2.75) is 95.0 Å². The van der Waals surface area contributed by atoms with E-state index in [1.807, 2.05) is 0 Å². The lowest BCUT2D eigenvalue weighted by Gasteiger charge is -2.29. The highest BCUT2D eigenvalue weighted by atomic mass is 32.2. The monoisotopic (exact) mass is 857 g/mol. The van der Waals surface area contributed by atoms with Gasteiger partial charge in [-0.05, 0) is 41.9 Å². The third-order valence-electron chi connectivity index (χ3n) is 9.31. The molecular weight excluding hydrogens is 803 g/mol. The first-order chi connectivity index (χ1) is 28.4. The highest BCUT2D eigenvalue weighted by Gasteiger charge is 2.35. The van der Waals surface area contributed by atoms with E-state index in [-0.39, 0.29) is 25.7 Å². The van der Waals surface area contributed by atoms with E-state index in [0.717, 1.165) is 0 Å². The molecule has 0 aromatic heterocycles. The molecule has 7 atom stereocenters. The van der Waals surface area contributed by atoms with Gasteiger partial charge in [0.2, 0.25) is 35.4 Å². The summed E-state index contributed by atoms with van der Waals surface area (Å²) < 4.78 is 0. The van der Waals surface area contributed by atoms with Crippen LogP contribution in [0.2, 0.25) is 0 Å². The summed E-state index contributed by atoms with van der Waals surface area (Å²) in [6.45, 7) is 2.71. The zero-order chi connectivity index (χ0) is 44.8. The average molecular weight is 858 g/mol. The van der Waals surface area contributed by atoms with E-state index in [2.05, 4.69) is 31.9 Å². The minimum absolute atomic E-state index is 0.0480. The Labute approximate surface area is 351 Å². The molecule has 0 unspecified atom stereocenters. The molecule has 20 heteroatoms. The van der Waals surface area contributed by atoms with E-state index in [1.54, 1.807) is 80.8 Å². The molecule has 0 aliphatic heterocycles. The van der Waals surface area contributed by atoms with Crippen LogP contribution in [0.3, 0.4) is 0 Å². The molecule has 0 bridgehead atoms. The predicted molar refractivity (Wildman–Crippen MR) is 220 cm³/mol. The molecule has 6 amide bonds. The summed E-state index contributed by atoms with van der Waals surface area (Å²) in [6, 6.07) is 8.68. The molecule has 2 aromatic carbocycles. The number of hydrogen-bond donors (Lipinski definition) is 10. The molecule has 60 heavy (non-hydrogen) atoms. The first kappa shape index (κ1) is 50.1. The second kappa shape index (κ2) is 26.2. The molecule has 0 radical (unpaired) electrons. The van der Waals surface area contributed by atoms with Gasteiger partial charge in [0, 0.05) is 19.3 Å². The van der Waals surface area contributed by atoms with E-state index in [1.165, 1.54) is 11.8 Å². The standard InChI is InChI=1S/C40H55N7O12S/c1-4-23(2)34(47-38(56)29(20-25-13-9-6-10-14-25)44-35(53)26(41)15-16-32(49)50)39(57)46-30(21-33(51)52)37(55)45-28(19-24-11-7-5-8-12-24)36(54)42-22-31(48)43-27(40(58)59)17-18-60-3/h5-14,23,26-30,34H,4,15-22,41H2,1-3H3,(H,42,54)(H,43,48)(H,44,53)(H,45,55)(H,46,57)(H,47,56)(H,49,50)(H,51,52)(H,58,59)/t23-,26-,27-,28-,29-,30-,34-/m0/s1. The normalized spacial score (nSPS) is 14.3. The van der Waals surface area contributed by atoms with Crippen LogP contribution in [0.5, 0.6) is 0 Å². The Morgan fingerprint density at radius 2 is 1.15 bits per heavy atom. The lowest BCUT2D eigenvalue weighted by molar-refractivity contribution is -0.142. The van der Waals surface area contributed by atoms with Crippen LogP contribution >= 0.6 is 11.8 Å². The Kier molecular flexibility index (Phi) is 21.9. The molecule has 2 aromatic rings. The molecule has 0 aliphatic rings. The molecule has 2 rings (SSSR count). The molecular formula is C40H55N7O12S. The third-order valence-corrected chi connectivity index (χ3v) is 9.95. The Bertz CT molecular complexity index is 1790. The highest BCUT2D eigenvalue weighted by Crippen LogP contribution is 2.12. The zero-order valence-electron chi connectivity index (χ0n) is 33.7. The van der Waals surface area contributed by atoms with Gasteiger partial charge in [-0.2, -0.15) is 11.8 Å². The van der Waals surface area contributed by atoms with Crippen molar-refractivity contribution in [3.8, 4) is 0 Å². The van der Waals surface area contributed by atoms with Gasteiger partial charge in [-0.25, -0.2) is 4.79 Å². The summed E-state index contributed by atoms with van der Waals surface area (Å²) in [5.41, 5.74) is 7.10. The number of aliphatic carboxylic acids is 3. The van der Waals surface area contributed by atoms with Gasteiger partial charge in [0.15, 0.2) is 0 Å². The van der Waals surface area contributed by atoms with Gasteiger partial charge in [0.1, 0.15) is 30.2 Å². The number of benzene rings is 2. The van der Waals surface area contributed by atoms with Crippen LogP contribution in [0.1, 0.15) is 57.1 Å². The summed E-state index contributed by atoms with van der Waals surface area (Å²) in [6.07, 6.45) is 0.519. The van der Waals surface area contributed by atoms with Gasteiger partial charge < -0.3 is 53.0 Å². The number of carboxylic acid groups (broad SMARTS) is 3. The molecule has 0 spiro atoms. The van der Waals surface area contributed by atoms with E-state index in [4.69, 9.17) is 10.8 Å². The molecule has 328 valence electrons. The van der Waals surface area contributed by atoms with Crippen LogP contribution < -0.4 is 37.6 Å². The quantitative estimate of drug-likeness (QED) is 0.0545. The molecule has 0 aliphatic carbocycles. The highest BCUT2D eigenvalue weighted by molar-refractivity contribution is 7.98. The van der Waals surface area contributed by atoms with E-state index < -0.39 is 115 Å². The number of carbonyl (C=O) groups excluding carboxylic acids is 6. The molecule has 11 N–H and O–H groups in total. The first-order valence-corrected chi connectivity index (χ1v) is 20.6. The minimum Gasteiger partial charge on any atom is -0.481 e. The Morgan fingerprint density at radius 3 is 1.65 bits per heavy atom. The van der Waals surface area contributed by atoms with Gasteiger partial charge in [0.25, 0.3) is 0 Å². The fraction of sp³-hybridized carbons (Fsp3) is 0.475. The van der Waals surface area contributed by atoms with Crippen LogP contribution in [0.4, 0.5) is 0 Å². The first-order valence-electron chi connectivity index (χ1n) is 19.2. The Hall–Kier alpha value is -6.02. The van der Waals surface area contributed by atoms with Crippen molar-refractivity contribution in [1.29, 1.82) is 0 Å². The number of nitrogens with one attached hydrogen (secondary N) is 6. The number of rotatable bonds is 27. The van der Waals surface area contributed by atoms with Crippen LogP contribution in [-0.2, 0) is 56.0 Å². The van der Waals surface area contributed by atoms with Crippen LogP contribution in [0.25, 0.3) is 0 Å². The van der Waals surface area contributed by atoms with E-state index >= 15 is 0 Å². The van der Waals surface area contributed by atoms with Crippen molar-refractivity contribution in [2.75, 3.05) is 18.6 Å². The number of carbonyl (C=O) groups is 9. The maximum Gasteiger partial charge on any atom is 0.326 e. The summed E-state index contributed by atoms with van der Waals surface area (Å²) in [7, 11) is 0. The summed E-state index contributed by atoms with van der Waals surface area (Å²) in [5, 5.41) is 42.9. The van der Waals surface area contributed by atoms with Crippen LogP contribution in [-0.4, -0.2) is 123 Å². The third kappa shape index (κ3) is 18.3. The number of carboxylic acids is 3. The maximum absolute atomic E-state index is 13.9. The van der Waals surface area contributed by atoms with Crippen molar-refractivity contribution in [3.05, 3.63) is 71.8 Å². The van der Waals surface area contributed by atoms with E-state index in [9.17, 15) is 53.4 Å². The fourth-order valence-corrected chi connectivity index (χ4v) is 6.18. The van der Waals surface area contributed by atoms with Crippen LogP contribution in [0, 0.1) is 5.92 Å². The molecule has 0 heterocycles. The Balaban J connectivity index is 2.32. The molecule has 0 saturated heterocycles. The summed E-state index contributed by atoms with van der Waals surface area (Å²) in [5.74, 6) is -9.37. The predicted octanol–water partition coefficient (Wildman–Crippen LogP) is -0.437. The van der Waals surface area contributed by atoms with Gasteiger partial charge in [0.05, 0.1) is 19.0 Å². The fourth-order valence-electron chi connectivity index (χ4n) is 5.71. The topological polar surface area (TPSA) is 313 Å². The minimum atomic E-state index is -1.77. The molecule has 19 nitrogen and oxygen atoms in total. The molecule has 0 fully saturated rings. The van der Waals surface area contributed by atoms with Gasteiger partial charge in [-0.3, -0.25) is 38.4 Å². The summed E-state index contributed by atoms with van der Waals surface area (Å²) >= 11 is 1.39. The van der Waals surface area contributed by atoms with Gasteiger partial charge in [-0.1, -0.05) is 80.9 Å². The summed E-state index contributed by atoms with van der Waals surface area (Å²) in [4.78, 5) is 115. The lowest BCUT2D eigenvalue weighted by Crippen LogP contribution is -2.61. The van der Waals surface area contributed by atoms with Crippen molar-refractivity contribution >= 4 is 65.1 Å². The number of nitrogens with two attached hydrogens (primary N) is 1. The zero-order valence-corrected chi connectivity index (χ0v) is 34.5. The molecule has 0 saturated carbocycles. The van der Waals surface area contributed by atoms with Gasteiger partial charge >= 0.3 is 17.9 Å². The number of amides is 6.